The Morgan fingerprint density at radius 1 is 1.31 bits per heavy atom. The Morgan fingerprint density at radius 3 is 2.73 bits per heavy atom. The van der Waals surface area contributed by atoms with Crippen LogP contribution in [0.1, 0.15) is 36.5 Å². The molecular weight excluding hydrogens is 373 g/mol. The Kier molecular flexibility index (Phi) is 8.53. The van der Waals surface area contributed by atoms with E-state index in [1.807, 2.05) is 42.8 Å². The molecule has 2 atom stereocenters. The van der Waals surface area contributed by atoms with Crippen molar-refractivity contribution in [3.8, 4) is 0 Å². The third-order valence-corrected chi connectivity index (χ3v) is 4.79. The highest BCUT2D eigenvalue weighted by Crippen LogP contribution is 2.31. The Balaban J connectivity index is 0.00000169. The normalized spacial score (nSPS) is 18.7. The van der Waals surface area contributed by atoms with E-state index in [2.05, 4.69) is 15.4 Å². The highest BCUT2D eigenvalue weighted by atomic mass is 35.5. The van der Waals surface area contributed by atoms with Crippen LogP contribution in [0.25, 0.3) is 0 Å². The van der Waals surface area contributed by atoms with Crippen molar-refractivity contribution >= 4 is 36.4 Å². The standard InChI is InChI=1S/C18H25N5O.2ClH/c1-12-20-13(2)23(22-12)11-14-5-3-7-16(9-14)21-18(24)17-8-4-6-15(17)10-19;;/h3,5,7,9,15,17H,4,6,8,10-11,19H2,1-2H3,(H,21,24);2*1H/t15-,17-;;/m1../s1. The van der Waals surface area contributed by atoms with Crippen LogP contribution in [-0.2, 0) is 11.3 Å². The second-order valence-electron chi connectivity index (χ2n) is 6.59. The number of rotatable bonds is 5. The van der Waals surface area contributed by atoms with E-state index in [-0.39, 0.29) is 36.6 Å². The minimum absolute atomic E-state index is 0. The van der Waals surface area contributed by atoms with E-state index in [4.69, 9.17) is 5.73 Å². The SMILES string of the molecule is Cc1nc(C)n(Cc2cccc(NC(=O)[C@@H]3CCC[C@@H]3CN)c2)n1.Cl.Cl. The molecule has 6 nitrogen and oxygen atoms in total. The van der Waals surface area contributed by atoms with E-state index < -0.39 is 0 Å². The molecule has 3 rings (SSSR count). The van der Waals surface area contributed by atoms with Crippen molar-refractivity contribution in [2.75, 3.05) is 11.9 Å². The van der Waals surface area contributed by atoms with E-state index >= 15 is 0 Å². The zero-order valence-corrected chi connectivity index (χ0v) is 16.8. The van der Waals surface area contributed by atoms with Crippen LogP contribution in [0, 0.1) is 25.7 Å². The lowest BCUT2D eigenvalue weighted by molar-refractivity contribution is -0.120. The molecule has 8 heteroatoms. The van der Waals surface area contributed by atoms with Crippen molar-refractivity contribution in [2.24, 2.45) is 17.6 Å². The smallest absolute Gasteiger partial charge is 0.227 e. The highest BCUT2D eigenvalue weighted by molar-refractivity contribution is 5.93. The Morgan fingerprint density at radius 2 is 2.08 bits per heavy atom. The first-order valence-electron chi connectivity index (χ1n) is 8.54. The van der Waals surface area contributed by atoms with Crippen LogP contribution in [0.15, 0.2) is 24.3 Å². The van der Waals surface area contributed by atoms with Crippen LogP contribution >= 0.6 is 24.8 Å². The summed E-state index contributed by atoms with van der Waals surface area (Å²) in [6.07, 6.45) is 3.08. The zero-order chi connectivity index (χ0) is 17.1. The van der Waals surface area contributed by atoms with Crippen molar-refractivity contribution in [3.63, 3.8) is 0 Å². The molecule has 1 aliphatic carbocycles. The molecule has 0 aliphatic heterocycles. The molecule has 1 amide bonds. The second kappa shape index (κ2) is 9.90. The van der Waals surface area contributed by atoms with Gasteiger partial charge < -0.3 is 11.1 Å². The fraction of sp³-hybridized carbons (Fsp3) is 0.500. The summed E-state index contributed by atoms with van der Waals surface area (Å²) < 4.78 is 1.87. The van der Waals surface area contributed by atoms with Crippen LogP contribution in [0.2, 0.25) is 0 Å². The minimum atomic E-state index is 0. The topological polar surface area (TPSA) is 85.8 Å². The monoisotopic (exact) mass is 399 g/mol. The first kappa shape index (κ1) is 22.4. The molecule has 0 bridgehead atoms. The zero-order valence-electron chi connectivity index (χ0n) is 15.1. The molecule has 1 heterocycles. The summed E-state index contributed by atoms with van der Waals surface area (Å²) in [5.41, 5.74) is 7.70. The Bertz CT molecular complexity index is 734. The molecule has 2 aromatic rings. The molecule has 1 aliphatic rings. The summed E-state index contributed by atoms with van der Waals surface area (Å²) in [5, 5.41) is 7.44. The number of nitrogens with one attached hydrogen (secondary N) is 1. The number of anilines is 1. The molecule has 1 fully saturated rings. The number of benzene rings is 1. The quantitative estimate of drug-likeness (QED) is 0.808. The van der Waals surface area contributed by atoms with E-state index in [0.717, 1.165) is 42.2 Å². The second-order valence-corrected chi connectivity index (χ2v) is 6.59. The largest absolute Gasteiger partial charge is 0.330 e. The molecule has 3 N–H and O–H groups in total. The predicted octanol–water partition coefficient (Wildman–Crippen LogP) is 3.10. The maximum atomic E-state index is 12.5. The van der Waals surface area contributed by atoms with E-state index in [9.17, 15) is 4.79 Å². The van der Waals surface area contributed by atoms with Crippen LogP contribution in [0.3, 0.4) is 0 Å². The van der Waals surface area contributed by atoms with Gasteiger partial charge in [-0.3, -0.25) is 4.79 Å². The molecule has 144 valence electrons. The van der Waals surface area contributed by atoms with Gasteiger partial charge in [-0.25, -0.2) is 9.67 Å². The van der Waals surface area contributed by atoms with Crippen molar-refractivity contribution in [3.05, 3.63) is 41.5 Å². The number of amides is 1. The van der Waals surface area contributed by atoms with Crippen LogP contribution in [0.4, 0.5) is 5.69 Å². The van der Waals surface area contributed by atoms with Crippen molar-refractivity contribution in [1.82, 2.24) is 14.8 Å². The fourth-order valence-electron chi connectivity index (χ4n) is 3.53. The Hall–Kier alpha value is -1.63. The number of aryl methyl sites for hydroxylation is 2. The van der Waals surface area contributed by atoms with Gasteiger partial charge in [0.2, 0.25) is 5.91 Å². The number of nitrogens with zero attached hydrogens (tertiary/aromatic N) is 3. The van der Waals surface area contributed by atoms with Gasteiger partial charge in [-0.15, -0.1) is 24.8 Å². The van der Waals surface area contributed by atoms with Gasteiger partial charge in [0.15, 0.2) is 0 Å². The van der Waals surface area contributed by atoms with Crippen LogP contribution in [0.5, 0.6) is 0 Å². The van der Waals surface area contributed by atoms with Gasteiger partial charge >= 0.3 is 0 Å². The average Bonchev–Trinajstić information content (AvgIpc) is 3.14. The average molecular weight is 400 g/mol. The number of hydrogen-bond donors (Lipinski definition) is 2. The van der Waals surface area contributed by atoms with Gasteiger partial charge in [-0.05, 0) is 56.8 Å². The van der Waals surface area contributed by atoms with Gasteiger partial charge in [0.05, 0.1) is 6.54 Å². The lowest BCUT2D eigenvalue weighted by Crippen LogP contribution is -2.29. The first-order chi connectivity index (χ1) is 11.6. The van der Waals surface area contributed by atoms with Crippen molar-refractivity contribution < 1.29 is 4.79 Å². The lowest BCUT2D eigenvalue weighted by Gasteiger charge is -2.17. The molecule has 0 spiro atoms. The van der Waals surface area contributed by atoms with Crippen LogP contribution in [-0.4, -0.2) is 27.2 Å². The molecule has 1 aromatic carbocycles. The van der Waals surface area contributed by atoms with Gasteiger partial charge in [0.25, 0.3) is 0 Å². The van der Waals surface area contributed by atoms with E-state index in [1.165, 1.54) is 0 Å². The summed E-state index contributed by atoms with van der Waals surface area (Å²) in [5.74, 6) is 2.10. The first-order valence-corrected chi connectivity index (χ1v) is 8.54. The predicted molar refractivity (Wildman–Crippen MR) is 108 cm³/mol. The van der Waals surface area contributed by atoms with Crippen molar-refractivity contribution in [2.45, 2.75) is 39.7 Å². The van der Waals surface area contributed by atoms with Crippen molar-refractivity contribution in [1.29, 1.82) is 0 Å². The fourth-order valence-corrected chi connectivity index (χ4v) is 3.53. The summed E-state index contributed by atoms with van der Waals surface area (Å²) >= 11 is 0. The molecule has 0 radical (unpaired) electrons. The lowest BCUT2D eigenvalue weighted by atomic mass is 9.95. The molecular formula is C18H27Cl2N5O. The third kappa shape index (κ3) is 5.19. The van der Waals surface area contributed by atoms with Gasteiger partial charge in [0.1, 0.15) is 11.6 Å². The Labute approximate surface area is 166 Å². The number of carbonyl (C=O) groups excluding carboxylic acids is 1. The van der Waals surface area contributed by atoms with Gasteiger partial charge in [0, 0.05) is 11.6 Å². The molecule has 0 unspecified atom stereocenters. The molecule has 26 heavy (non-hydrogen) atoms. The highest BCUT2D eigenvalue weighted by Gasteiger charge is 2.31. The maximum absolute atomic E-state index is 12.5. The molecule has 0 saturated heterocycles. The summed E-state index contributed by atoms with van der Waals surface area (Å²) in [7, 11) is 0. The number of aromatic nitrogens is 3. The molecule has 1 saturated carbocycles. The minimum Gasteiger partial charge on any atom is -0.330 e. The number of halogens is 2. The number of hydrogen-bond acceptors (Lipinski definition) is 4. The third-order valence-electron chi connectivity index (χ3n) is 4.79. The number of carbonyl (C=O) groups is 1. The van der Waals surface area contributed by atoms with E-state index in [0.29, 0.717) is 19.0 Å². The van der Waals surface area contributed by atoms with E-state index in [1.54, 1.807) is 0 Å². The maximum Gasteiger partial charge on any atom is 0.227 e. The number of nitrogens with two attached hydrogens (primary N) is 1. The summed E-state index contributed by atoms with van der Waals surface area (Å²) in [4.78, 5) is 16.8. The van der Waals surface area contributed by atoms with Gasteiger partial charge in [-0.2, -0.15) is 5.10 Å². The molecule has 1 aromatic heterocycles. The van der Waals surface area contributed by atoms with Crippen LogP contribution < -0.4 is 11.1 Å². The van der Waals surface area contributed by atoms with Gasteiger partial charge in [-0.1, -0.05) is 18.6 Å². The summed E-state index contributed by atoms with van der Waals surface area (Å²) in [6.45, 7) is 5.06. The summed E-state index contributed by atoms with van der Waals surface area (Å²) in [6, 6.07) is 7.91.